The molecular weight excluding hydrogens is 378 g/mol. The monoisotopic (exact) mass is 406 g/mol. The molecule has 3 aliphatic rings. The molecule has 1 aromatic heterocycles. The molecule has 2 atom stereocenters. The first kappa shape index (κ1) is 19.8. The Labute approximate surface area is 170 Å². The fraction of sp³-hybridized carbons (Fsp3) is 0.571. The minimum Gasteiger partial charge on any atom is -0.408 e. The Morgan fingerprint density at radius 3 is 2.17 bits per heavy atom. The lowest BCUT2D eigenvalue weighted by atomic mass is 9.93. The summed E-state index contributed by atoms with van der Waals surface area (Å²) in [6.45, 7) is 3.29. The molecule has 1 spiro atoms. The first-order chi connectivity index (χ1) is 13.9. The maximum Gasteiger partial charge on any atom is 0.316 e. The van der Waals surface area contributed by atoms with Crippen LogP contribution >= 0.6 is 0 Å². The quantitative estimate of drug-likeness (QED) is 0.818. The van der Waals surface area contributed by atoms with E-state index in [0.717, 1.165) is 25.9 Å². The molecule has 3 fully saturated rings. The van der Waals surface area contributed by atoms with Crippen molar-refractivity contribution in [3.05, 3.63) is 42.3 Å². The molecule has 2 heterocycles. The smallest absolute Gasteiger partial charge is 0.316 e. The summed E-state index contributed by atoms with van der Waals surface area (Å²) in [5, 5.41) is 10.2. The molecule has 2 aromatic rings. The van der Waals surface area contributed by atoms with Gasteiger partial charge >= 0.3 is 6.01 Å². The maximum absolute atomic E-state index is 13.0. The van der Waals surface area contributed by atoms with Gasteiger partial charge in [0.25, 0.3) is 5.92 Å². The van der Waals surface area contributed by atoms with Gasteiger partial charge in [-0.05, 0) is 38.0 Å². The number of benzene rings is 1. The molecule has 1 aromatic carbocycles. The molecule has 0 radical (unpaired) electrons. The first-order valence-electron chi connectivity index (χ1n) is 10.2. The second kappa shape index (κ2) is 7.72. The van der Waals surface area contributed by atoms with Gasteiger partial charge in [0.05, 0.1) is 0 Å². The molecule has 1 amide bonds. The SMILES string of the molecule is C[C@@H](Nc1nnc([C@H]2CC2(F)F)o1)C(=O)N1CCC2(CC1)CC2.[HH].c1ccccc1. The Kier molecular flexibility index (Phi) is 5.27. The number of likely N-dealkylation sites (tertiary alicyclic amines) is 1. The Morgan fingerprint density at radius 1 is 1.14 bits per heavy atom. The van der Waals surface area contributed by atoms with Gasteiger partial charge in [-0.15, -0.1) is 5.10 Å². The van der Waals surface area contributed by atoms with E-state index in [1.165, 1.54) is 12.8 Å². The number of nitrogens with one attached hydrogen (secondary N) is 1. The molecule has 0 bridgehead atoms. The minimum atomic E-state index is -2.74. The highest BCUT2D eigenvalue weighted by Crippen LogP contribution is 2.55. The van der Waals surface area contributed by atoms with Crippen LogP contribution in [0.3, 0.4) is 0 Å². The zero-order chi connectivity index (χ0) is 20.5. The van der Waals surface area contributed by atoms with Crippen molar-refractivity contribution in [2.75, 3.05) is 18.4 Å². The third-order valence-corrected chi connectivity index (χ3v) is 6.03. The molecule has 0 unspecified atom stereocenters. The maximum atomic E-state index is 13.0. The van der Waals surface area contributed by atoms with Crippen molar-refractivity contribution in [1.82, 2.24) is 15.1 Å². The highest BCUT2D eigenvalue weighted by molar-refractivity contribution is 5.83. The molecule has 2 saturated carbocycles. The van der Waals surface area contributed by atoms with Crippen LogP contribution in [-0.2, 0) is 4.79 Å². The van der Waals surface area contributed by atoms with Crippen LogP contribution in [0.5, 0.6) is 0 Å². The number of carbonyl (C=O) groups excluding carboxylic acids is 1. The summed E-state index contributed by atoms with van der Waals surface area (Å²) in [5.41, 5.74) is 0.518. The molecular formula is C21H28F2N4O2. The number of alkyl halides is 2. The van der Waals surface area contributed by atoms with Crippen LogP contribution in [0.4, 0.5) is 14.8 Å². The first-order valence-corrected chi connectivity index (χ1v) is 10.2. The molecule has 29 heavy (non-hydrogen) atoms. The van der Waals surface area contributed by atoms with Gasteiger partial charge in [0.1, 0.15) is 12.0 Å². The summed E-state index contributed by atoms with van der Waals surface area (Å²) in [6.07, 6.45) is 4.48. The molecule has 1 N–H and O–H groups in total. The van der Waals surface area contributed by atoms with Gasteiger partial charge in [-0.25, -0.2) is 8.78 Å². The van der Waals surface area contributed by atoms with Crippen LogP contribution in [0.2, 0.25) is 0 Å². The Bertz CT molecular complexity index is 808. The number of carbonyl (C=O) groups is 1. The lowest BCUT2D eigenvalue weighted by Crippen LogP contribution is -2.45. The predicted octanol–water partition coefficient (Wildman–Crippen LogP) is 4.33. The number of rotatable bonds is 4. The molecule has 8 heteroatoms. The van der Waals surface area contributed by atoms with Crippen molar-refractivity contribution in [2.24, 2.45) is 5.41 Å². The van der Waals surface area contributed by atoms with Crippen LogP contribution in [0.25, 0.3) is 0 Å². The third kappa shape index (κ3) is 4.74. The van der Waals surface area contributed by atoms with Crippen molar-refractivity contribution in [3.8, 4) is 0 Å². The number of halogens is 2. The topological polar surface area (TPSA) is 71.3 Å². The summed E-state index contributed by atoms with van der Waals surface area (Å²) in [5.74, 6) is -3.80. The largest absolute Gasteiger partial charge is 0.408 e. The van der Waals surface area contributed by atoms with Crippen LogP contribution in [0.15, 0.2) is 40.8 Å². The molecule has 158 valence electrons. The molecule has 2 aliphatic carbocycles. The van der Waals surface area contributed by atoms with Gasteiger partial charge in [0.15, 0.2) is 0 Å². The van der Waals surface area contributed by atoms with Crippen LogP contribution in [-0.4, -0.2) is 46.1 Å². The summed E-state index contributed by atoms with van der Waals surface area (Å²) in [6, 6.07) is 11.5. The van der Waals surface area contributed by atoms with Crippen LogP contribution in [0, 0.1) is 5.41 Å². The van der Waals surface area contributed by atoms with E-state index in [4.69, 9.17) is 4.42 Å². The summed E-state index contributed by atoms with van der Waals surface area (Å²) in [7, 11) is 0. The summed E-state index contributed by atoms with van der Waals surface area (Å²) < 4.78 is 31.2. The average Bonchev–Trinajstić information content (AvgIpc) is 3.57. The summed E-state index contributed by atoms with van der Waals surface area (Å²) in [4.78, 5) is 14.3. The predicted molar refractivity (Wildman–Crippen MR) is 106 cm³/mol. The van der Waals surface area contributed by atoms with Gasteiger partial charge in [0, 0.05) is 20.9 Å². The lowest BCUT2D eigenvalue weighted by Gasteiger charge is -2.33. The standard InChI is InChI=1S/C15H20F2N4O2.C6H6.H2/c1-9(12(22)21-6-4-14(2-3-14)5-7-21)18-13-20-19-11(23-13)10-8-15(10,16)17;1-2-4-6-5-3-1;/h9-10H,2-8H2,1H3,(H,18,20);1-6H;1H/t9-,10-;;/m1../s1. The molecule has 1 saturated heterocycles. The number of piperidine rings is 1. The zero-order valence-corrected chi connectivity index (χ0v) is 16.5. The second-order valence-corrected chi connectivity index (χ2v) is 8.31. The van der Waals surface area contributed by atoms with E-state index in [9.17, 15) is 13.6 Å². The van der Waals surface area contributed by atoms with Crippen molar-refractivity contribution < 1.29 is 19.4 Å². The minimum absolute atomic E-state index is 0. The van der Waals surface area contributed by atoms with Crippen LogP contribution in [0.1, 0.15) is 52.3 Å². The van der Waals surface area contributed by atoms with E-state index in [0.29, 0.717) is 5.41 Å². The van der Waals surface area contributed by atoms with E-state index in [-0.39, 0.29) is 25.7 Å². The van der Waals surface area contributed by atoms with Gasteiger partial charge in [0.2, 0.25) is 11.8 Å². The molecule has 6 nitrogen and oxygen atoms in total. The third-order valence-electron chi connectivity index (χ3n) is 6.03. The fourth-order valence-electron chi connectivity index (χ4n) is 3.70. The Morgan fingerprint density at radius 2 is 1.69 bits per heavy atom. The number of hydrogen-bond donors (Lipinski definition) is 1. The van der Waals surface area contributed by atoms with Crippen molar-refractivity contribution >= 4 is 11.9 Å². The molecule has 1 aliphatic heterocycles. The van der Waals surface area contributed by atoms with Crippen LogP contribution < -0.4 is 5.32 Å². The lowest BCUT2D eigenvalue weighted by molar-refractivity contribution is -0.133. The number of hydrogen-bond acceptors (Lipinski definition) is 5. The van der Waals surface area contributed by atoms with Gasteiger partial charge < -0.3 is 14.6 Å². The van der Waals surface area contributed by atoms with E-state index in [1.54, 1.807) is 6.92 Å². The van der Waals surface area contributed by atoms with Crippen molar-refractivity contribution in [1.29, 1.82) is 0 Å². The van der Waals surface area contributed by atoms with Gasteiger partial charge in [-0.2, -0.15) is 0 Å². The highest BCUT2D eigenvalue weighted by atomic mass is 19.3. The number of nitrogens with zero attached hydrogens (tertiary/aromatic N) is 3. The molecule has 5 rings (SSSR count). The number of anilines is 1. The number of aromatic nitrogens is 2. The van der Waals surface area contributed by atoms with E-state index in [2.05, 4.69) is 15.5 Å². The highest BCUT2D eigenvalue weighted by Gasteiger charge is 2.61. The normalized spacial score (nSPS) is 24.2. The van der Waals surface area contributed by atoms with E-state index >= 15 is 0 Å². The van der Waals surface area contributed by atoms with Crippen molar-refractivity contribution in [2.45, 2.75) is 56.9 Å². The van der Waals surface area contributed by atoms with E-state index < -0.39 is 17.9 Å². The van der Waals surface area contributed by atoms with Gasteiger partial charge in [-0.1, -0.05) is 41.5 Å². The Balaban J connectivity index is 0.000000317. The number of amides is 1. The van der Waals surface area contributed by atoms with E-state index in [1.807, 2.05) is 41.3 Å². The summed E-state index contributed by atoms with van der Waals surface area (Å²) >= 11 is 0. The van der Waals surface area contributed by atoms with Gasteiger partial charge in [-0.3, -0.25) is 4.79 Å². The Hall–Kier alpha value is -2.51. The fourth-order valence-corrected chi connectivity index (χ4v) is 3.70. The second-order valence-electron chi connectivity index (χ2n) is 8.31. The average molecular weight is 406 g/mol. The zero-order valence-electron chi connectivity index (χ0n) is 16.5. The van der Waals surface area contributed by atoms with Crippen molar-refractivity contribution in [3.63, 3.8) is 0 Å².